The molecule has 16 heavy (non-hydrogen) atoms. The van der Waals surface area contributed by atoms with Crippen molar-refractivity contribution in [2.45, 2.75) is 25.9 Å². The monoisotopic (exact) mass is 257 g/mol. The van der Waals surface area contributed by atoms with Gasteiger partial charge in [-0.25, -0.2) is 8.42 Å². The summed E-state index contributed by atoms with van der Waals surface area (Å²) in [7, 11) is -2.94. The molecule has 1 N–H and O–H groups in total. The molecule has 2 rings (SSSR count). The highest BCUT2D eigenvalue weighted by molar-refractivity contribution is 7.94. The lowest BCUT2D eigenvalue weighted by molar-refractivity contribution is 0.591. The van der Waals surface area contributed by atoms with Crippen LogP contribution in [0.5, 0.6) is 0 Å². The molecule has 0 bridgehead atoms. The van der Waals surface area contributed by atoms with Crippen LogP contribution < -0.4 is 5.32 Å². The molecular formula is C11H15NO2S2. The molecule has 0 radical (unpaired) electrons. The zero-order chi connectivity index (χ0) is 11.6. The minimum atomic E-state index is -2.94. The molecule has 5 heteroatoms. The van der Waals surface area contributed by atoms with Gasteiger partial charge in [-0.05, 0) is 18.6 Å². The van der Waals surface area contributed by atoms with E-state index in [-0.39, 0.29) is 11.8 Å². The summed E-state index contributed by atoms with van der Waals surface area (Å²) < 4.78 is 22.4. The molecule has 1 aliphatic rings. The summed E-state index contributed by atoms with van der Waals surface area (Å²) in [5, 5.41) is 4.54. The molecule has 1 aromatic rings. The highest BCUT2D eigenvalue weighted by Gasteiger charge is 2.20. The summed E-state index contributed by atoms with van der Waals surface area (Å²) >= 11 is 1.78. The van der Waals surface area contributed by atoms with E-state index < -0.39 is 9.84 Å². The molecule has 0 saturated carbocycles. The Morgan fingerprint density at radius 2 is 2.19 bits per heavy atom. The molecule has 1 aliphatic heterocycles. The highest BCUT2D eigenvalue weighted by atomic mass is 32.2. The predicted molar refractivity (Wildman–Crippen MR) is 67.3 cm³/mol. The smallest absolute Gasteiger partial charge is 0.173 e. The first kappa shape index (κ1) is 11.8. The minimum Gasteiger partial charge on any atom is -0.305 e. The predicted octanol–water partition coefficient (Wildman–Crippen LogP) is 1.71. The lowest BCUT2D eigenvalue weighted by Crippen LogP contribution is -2.29. The molecule has 1 atom stereocenters. The Kier molecular flexibility index (Phi) is 3.47. The SMILES string of the molecule is CCc1ccc(CNC2C=CS(=O)(=O)C2)s1. The van der Waals surface area contributed by atoms with Crippen molar-refractivity contribution in [1.29, 1.82) is 0 Å². The number of sulfone groups is 1. The molecule has 0 aromatic carbocycles. The van der Waals surface area contributed by atoms with E-state index >= 15 is 0 Å². The summed E-state index contributed by atoms with van der Waals surface area (Å²) in [5.41, 5.74) is 0. The van der Waals surface area contributed by atoms with Crippen LogP contribution in [0.25, 0.3) is 0 Å². The summed E-state index contributed by atoms with van der Waals surface area (Å²) in [5.74, 6) is 0.193. The van der Waals surface area contributed by atoms with Crippen LogP contribution in [0.1, 0.15) is 16.7 Å². The highest BCUT2D eigenvalue weighted by Crippen LogP contribution is 2.17. The Morgan fingerprint density at radius 3 is 2.75 bits per heavy atom. The van der Waals surface area contributed by atoms with E-state index in [1.54, 1.807) is 17.4 Å². The van der Waals surface area contributed by atoms with Crippen LogP contribution in [0.2, 0.25) is 0 Å². The van der Waals surface area contributed by atoms with E-state index in [0.717, 1.165) is 13.0 Å². The second-order valence-electron chi connectivity index (χ2n) is 3.87. The van der Waals surface area contributed by atoms with E-state index in [1.165, 1.54) is 15.2 Å². The van der Waals surface area contributed by atoms with Crippen LogP contribution in [0.3, 0.4) is 0 Å². The van der Waals surface area contributed by atoms with Gasteiger partial charge in [-0.1, -0.05) is 13.0 Å². The Hall–Kier alpha value is -0.650. The van der Waals surface area contributed by atoms with Crippen molar-refractivity contribution in [3.63, 3.8) is 0 Å². The van der Waals surface area contributed by atoms with E-state index in [1.807, 2.05) is 0 Å². The van der Waals surface area contributed by atoms with Gasteiger partial charge in [0.25, 0.3) is 0 Å². The van der Waals surface area contributed by atoms with E-state index in [2.05, 4.69) is 24.4 Å². The molecule has 88 valence electrons. The normalized spacial score (nSPS) is 22.7. The average Bonchev–Trinajstić information content (AvgIpc) is 2.81. The standard InChI is InChI=1S/C11H15NO2S2/c1-2-10-3-4-11(15-10)7-12-9-5-6-16(13,14)8-9/h3-6,9,12H,2,7-8H2,1H3. The molecule has 1 aromatic heterocycles. The first-order valence-electron chi connectivity index (χ1n) is 5.31. The van der Waals surface area contributed by atoms with Crippen molar-refractivity contribution in [3.8, 4) is 0 Å². The van der Waals surface area contributed by atoms with Gasteiger partial charge in [0, 0.05) is 27.7 Å². The van der Waals surface area contributed by atoms with Gasteiger partial charge in [0.15, 0.2) is 9.84 Å². The molecule has 0 amide bonds. The van der Waals surface area contributed by atoms with Crippen LogP contribution >= 0.6 is 11.3 Å². The zero-order valence-corrected chi connectivity index (χ0v) is 10.8. The van der Waals surface area contributed by atoms with Gasteiger partial charge in [-0.2, -0.15) is 0 Å². The summed E-state index contributed by atoms with van der Waals surface area (Å²) in [6, 6.07) is 4.20. The van der Waals surface area contributed by atoms with E-state index in [9.17, 15) is 8.42 Å². The molecule has 1 unspecified atom stereocenters. The third-order valence-corrected chi connectivity index (χ3v) is 5.16. The third kappa shape index (κ3) is 2.93. The Bertz CT molecular complexity index is 488. The number of hydrogen-bond acceptors (Lipinski definition) is 4. The lowest BCUT2D eigenvalue weighted by atomic mass is 10.3. The molecular weight excluding hydrogens is 242 g/mol. The molecule has 0 spiro atoms. The number of rotatable bonds is 4. The number of hydrogen-bond donors (Lipinski definition) is 1. The van der Waals surface area contributed by atoms with Crippen LogP contribution in [0.4, 0.5) is 0 Å². The quantitative estimate of drug-likeness (QED) is 0.893. The maximum atomic E-state index is 11.2. The Balaban J connectivity index is 1.87. The fourth-order valence-electron chi connectivity index (χ4n) is 1.64. The Labute approximate surface area is 100 Å². The van der Waals surface area contributed by atoms with Crippen LogP contribution in [-0.4, -0.2) is 20.2 Å². The maximum absolute atomic E-state index is 11.2. The van der Waals surface area contributed by atoms with Gasteiger partial charge < -0.3 is 5.32 Å². The van der Waals surface area contributed by atoms with Gasteiger partial charge in [-0.3, -0.25) is 0 Å². The third-order valence-electron chi connectivity index (χ3n) is 2.53. The number of nitrogens with one attached hydrogen (secondary N) is 1. The van der Waals surface area contributed by atoms with Gasteiger partial charge in [-0.15, -0.1) is 11.3 Å². The molecule has 0 fully saturated rings. The average molecular weight is 257 g/mol. The number of thiophene rings is 1. The fraction of sp³-hybridized carbons (Fsp3) is 0.455. The molecule has 2 heterocycles. The first-order valence-corrected chi connectivity index (χ1v) is 7.84. The van der Waals surface area contributed by atoms with Gasteiger partial charge in [0.1, 0.15) is 0 Å². The summed E-state index contributed by atoms with van der Waals surface area (Å²) in [6.07, 6.45) is 2.78. The summed E-state index contributed by atoms with van der Waals surface area (Å²) in [6.45, 7) is 2.88. The van der Waals surface area contributed by atoms with Gasteiger partial charge in [0.2, 0.25) is 0 Å². The lowest BCUT2D eigenvalue weighted by Gasteiger charge is -2.07. The van der Waals surface area contributed by atoms with Crippen molar-refractivity contribution in [2.75, 3.05) is 5.75 Å². The molecule has 3 nitrogen and oxygen atoms in total. The fourth-order valence-corrected chi connectivity index (χ4v) is 3.82. The van der Waals surface area contributed by atoms with Crippen molar-refractivity contribution >= 4 is 21.2 Å². The van der Waals surface area contributed by atoms with Gasteiger partial charge in [0.05, 0.1) is 5.75 Å². The van der Waals surface area contributed by atoms with Crippen molar-refractivity contribution in [3.05, 3.63) is 33.4 Å². The Morgan fingerprint density at radius 1 is 1.44 bits per heavy atom. The second kappa shape index (κ2) is 4.69. The van der Waals surface area contributed by atoms with Gasteiger partial charge >= 0.3 is 0 Å². The van der Waals surface area contributed by atoms with Crippen LogP contribution in [0, 0.1) is 0 Å². The first-order chi connectivity index (χ1) is 7.59. The minimum absolute atomic E-state index is 0.0304. The zero-order valence-electron chi connectivity index (χ0n) is 9.14. The molecule has 0 saturated heterocycles. The second-order valence-corrected chi connectivity index (χ2v) is 7.05. The van der Waals surface area contributed by atoms with E-state index in [0.29, 0.717) is 0 Å². The maximum Gasteiger partial charge on any atom is 0.173 e. The largest absolute Gasteiger partial charge is 0.305 e. The van der Waals surface area contributed by atoms with Crippen LogP contribution in [-0.2, 0) is 22.8 Å². The van der Waals surface area contributed by atoms with Crippen LogP contribution in [0.15, 0.2) is 23.6 Å². The summed E-state index contributed by atoms with van der Waals surface area (Å²) in [4.78, 5) is 2.63. The van der Waals surface area contributed by atoms with Crippen molar-refractivity contribution < 1.29 is 8.42 Å². The topological polar surface area (TPSA) is 46.2 Å². The number of aryl methyl sites for hydroxylation is 1. The molecule has 0 aliphatic carbocycles. The van der Waals surface area contributed by atoms with Crippen molar-refractivity contribution in [1.82, 2.24) is 5.32 Å². The van der Waals surface area contributed by atoms with Crippen molar-refractivity contribution in [2.24, 2.45) is 0 Å². The van der Waals surface area contributed by atoms with E-state index in [4.69, 9.17) is 0 Å².